The van der Waals surface area contributed by atoms with Crippen LogP contribution < -0.4 is 5.73 Å². The molecule has 0 aliphatic carbocycles. The molecule has 3 aromatic rings. The fraction of sp³-hybridized carbons (Fsp3) is 0.167. The zero-order valence-corrected chi connectivity index (χ0v) is 13.0. The minimum Gasteiger partial charge on any atom is -0.343 e. The van der Waals surface area contributed by atoms with Gasteiger partial charge in [0.2, 0.25) is 0 Å². The lowest BCUT2D eigenvalue weighted by Gasteiger charge is -2.05. The van der Waals surface area contributed by atoms with Crippen LogP contribution in [0, 0.1) is 11.3 Å². The molecule has 0 atom stereocenters. The Labute approximate surface area is 136 Å². The highest BCUT2D eigenvalue weighted by molar-refractivity contribution is 5.85. The molecule has 0 unspecified atom stereocenters. The van der Waals surface area contributed by atoms with E-state index in [2.05, 4.69) is 47.2 Å². The van der Waals surface area contributed by atoms with Crippen molar-refractivity contribution in [3.05, 3.63) is 71.4 Å². The first kappa shape index (κ1) is 16.1. The Bertz CT molecular complexity index is 815. The molecule has 1 heterocycles. The molecule has 0 aliphatic heterocycles. The fourth-order valence-electron chi connectivity index (χ4n) is 2.74. The van der Waals surface area contributed by atoms with Gasteiger partial charge in [0.25, 0.3) is 0 Å². The molecule has 2 N–H and O–H groups in total. The summed E-state index contributed by atoms with van der Waals surface area (Å²) in [5.41, 5.74) is 10.0. The first-order chi connectivity index (χ1) is 10.3. The Morgan fingerprint density at radius 1 is 1.09 bits per heavy atom. The van der Waals surface area contributed by atoms with Gasteiger partial charge in [-0.2, -0.15) is 5.26 Å². The van der Waals surface area contributed by atoms with Crippen molar-refractivity contribution < 1.29 is 0 Å². The standard InChI is InChI=1S/C18H17N3.ClH/c19-9-8-16-13-21(18-7-2-1-6-17(16)18)12-15-5-3-4-14(10-15)11-20;/h1-7,10,13H,8-9,12,19H2;1H. The van der Waals surface area contributed by atoms with Crippen LogP contribution in [0.3, 0.4) is 0 Å². The number of para-hydroxylation sites is 1. The van der Waals surface area contributed by atoms with Crippen LogP contribution >= 0.6 is 12.4 Å². The van der Waals surface area contributed by atoms with Crippen molar-refractivity contribution >= 4 is 23.3 Å². The number of hydrogen-bond acceptors (Lipinski definition) is 2. The predicted octanol–water partition coefficient (Wildman–Crippen LogP) is 3.48. The van der Waals surface area contributed by atoms with E-state index in [9.17, 15) is 0 Å². The molecular formula is C18H18ClN3. The van der Waals surface area contributed by atoms with Crippen LogP contribution in [0.1, 0.15) is 16.7 Å². The van der Waals surface area contributed by atoms with Gasteiger partial charge in [0.1, 0.15) is 0 Å². The van der Waals surface area contributed by atoms with E-state index >= 15 is 0 Å². The first-order valence-electron chi connectivity index (χ1n) is 7.07. The molecule has 0 aliphatic rings. The molecule has 0 saturated heterocycles. The summed E-state index contributed by atoms with van der Waals surface area (Å²) in [7, 11) is 0. The molecule has 0 amide bonds. The molecule has 2 aromatic carbocycles. The Kier molecular flexibility index (Phi) is 5.21. The summed E-state index contributed by atoms with van der Waals surface area (Å²) >= 11 is 0. The maximum absolute atomic E-state index is 9.00. The van der Waals surface area contributed by atoms with Crippen molar-refractivity contribution in [3.63, 3.8) is 0 Å². The van der Waals surface area contributed by atoms with Crippen molar-refractivity contribution in [3.8, 4) is 6.07 Å². The highest BCUT2D eigenvalue weighted by Crippen LogP contribution is 2.22. The third-order valence-electron chi connectivity index (χ3n) is 3.69. The smallest absolute Gasteiger partial charge is 0.0991 e. The van der Waals surface area contributed by atoms with Crippen LogP contribution in [0.5, 0.6) is 0 Å². The molecule has 0 radical (unpaired) electrons. The number of rotatable bonds is 4. The summed E-state index contributed by atoms with van der Waals surface area (Å²) in [5, 5.41) is 10.3. The Morgan fingerprint density at radius 2 is 1.91 bits per heavy atom. The zero-order chi connectivity index (χ0) is 14.7. The van der Waals surface area contributed by atoms with Gasteiger partial charge in [-0.1, -0.05) is 30.3 Å². The molecule has 0 fully saturated rings. The van der Waals surface area contributed by atoms with E-state index in [1.54, 1.807) is 0 Å². The van der Waals surface area contributed by atoms with Crippen molar-refractivity contribution in [2.45, 2.75) is 13.0 Å². The van der Waals surface area contributed by atoms with Gasteiger partial charge in [0, 0.05) is 23.6 Å². The molecule has 0 saturated carbocycles. The number of halogens is 1. The number of nitriles is 1. The lowest BCUT2D eigenvalue weighted by molar-refractivity contribution is 0.827. The van der Waals surface area contributed by atoms with Gasteiger partial charge in [0.15, 0.2) is 0 Å². The quantitative estimate of drug-likeness (QED) is 0.802. The van der Waals surface area contributed by atoms with Crippen molar-refractivity contribution in [1.82, 2.24) is 4.57 Å². The van der Waals surface area contributed by atoms with Crippen LogP contribution in [0.4, 0.5) is 0 Å². The van der Waals surface area contributed by atoms with Gasteiger partial charge in [-0.25, -0.2) is 0 Å². The van der Waals surface area contributed by atoms with Gasteiger partial charge in [-0.05, 0) is 42.3 Å². The fourth-order valence-corrected chi connectivity index (χ4v) is 2.74. The van der Waals surface area contributed by atoms with E-state index in [4.69, 9.17) is 11.0 Å². The molecule has 0 bridgehead atoms. The van der Waals surface area contributed by atoms with Crippen molar-refractivity contribution in [2.24, 2.45) is 5.73 Å². The molecule has 0 spiro atoms. The van der Waals surface area contributed by atoms with Gasteiger partial charge in [0.05, 0.1) is 11.6 Å². The Hall–Kier alpha value is -2.28. The third kappa shape index (κ3) is 3.14. The lowest BCUT2D eigenvalue weighted by atomic mass is 10.1. The van der Waals surface area contributed by atoms with Crippen LogP contribution in [0.15, 0.2) is 54.7 Å². The van der Waals surface area contributed by atoms with Gasteiger partial charge < -0.3 is 10.3 Å². The predicted molar refractivity (Wildman–Crippen MR) is 92.2 cm³/mol. The molecule has 4 heteroatoms. The number of benzene rings is 2. The van der Waals surface area contributed by atoms with Gasteiger partial charge >= 0.3 is 0 Å². The molecule has 3 rings (SSSR count). The van der Waals surface area contributed by atoms with E-state index < -0.39 is 0 Å². The van der Waals surface area contributed by atoms with Gasteiger partial charge in [-0.15, -0.1) is 12.4 Å². The second kappa shape index (κ2) is 7.13. The summed E-state index contributed by atoms with van der Waals surface area (Å²) < 4.78 is 2.23. The maximum Gasteiger partial charge on any atom is 0.0991 e. The highest BCUT2D eigenvalue weighted by Gasteiger charge is 2.08. The summed E-state index contributed by atoms with van der Waals surface area (Å²) in [6, 6.07) is 18.3. The van der Waals surface area contributed by atoms with E-state index in [-0.39, 0.29) is 12.4 Å². The first-order valence-corrected chi connectivity index (χ1v) is 7.07. The minimum atomic E-state index is 0. The lowest BCUT2D eigenvalue weighted by Crippen LogP contribution is -2.02. The Balaban J connectivity index is 0.00000176. The van der Waals surface area contributed by atoms with Crippen molar-refractivity contribution in [1.29, 1.82) is 5.26 Å². The Morgan fingerprint density at radius 3 is 2.68 bits per heavy atom. The molecular weight excluding hydrogens is 294 g/mol. The summed E-state index contributed by atoms with van der Waals surface area (Å²) in [4.78, 5) is 0. The topological polar surface area (TPSA) is 54.7 Å². The van der Waals surface area contributed by atoms with E-state index in [1.807, 2.05) is 18.2 Å². The largest absolute Gasteiger partial charge is 0.343 e. The van der Waals surface area contributed by atoms with Crippen LogP contribution in [0.2, 0.25) is 0 Å². The minimum absolute atomic E-state index is 0. The molecule has 3 nitrogen and oxygen atoms in total. The van der Waals surface area contributed by atoms with E-state index in [0.717, 1.165) is 18.5 Å². The van der Waals surface area contributed by atoms with Crippen LogP contribution in [0.25, 0.3) is 10.9 Å². The second-order valence-electron chi connectivity index (χ2n) is 5.15. The zero-order valence-electron chi connectivity index (χ0n) is 12.2. The third-order valence-corrected chi connectivity index (χ3v) is 3.69. The van der Waals surface area contributed by atoms with Crippen molar-refractivity contribution in [2.75, 3.05) is 6.54 Å². The number of hydrogen-bond donors (Lipinski definition) is 1. The van der Waals surface area contributed by atoms with E-state index in [1.165, 1.54) is 16.5 Å². The number of fused-ring (bicyclic) bond motifs is 1. The molecule has 112 valence electrons. The number of aromatic nitrogens is 1. The molecule has 1 aromatic heterocycles. The van der Waals surface area contributed by atoms with Gasteiger partial charge in [-0.3, -0.25) is 0 Å². The monoisotopic (exact) mass is 311 g/mol. The van der Waals surface area contributed by atoms with E-state index in [0.29, 0.717) is 12.1 Å². The summed E-state index contributed by atoms with van der Waals surface area (Å²) in [5.74, 6) is 0. The average molecular weight is 312 g/mol. The highest BCUT2D eigenvalue weighted by atomic mass is 35.5. The molecule has 22 heavy (non-hydrogen) atoms. The van der Waals surface area contributed by atoms with Crippen LogP contribution in [-0.4, -0.2) is 11.1 Å². The summed E-state index contributed by atoms with van der Waals surface area (Å²) in [6.07, 6.45) is 3.06. The normalized spacial score (nSPS) is 10.2. The summed E-state index contributed by atoms with van der Waals surface area (Å²) in [6.45, 7) is 1.42. The second-order valence-corrected chi connectivity index (χ2v) is 5.15. The average Bonchev–Trinajstić information content (AvgIpc) is 2.86. The maximum atomic E-state index is 9.00. The van der Waals surface area contributed by atoms with Crippen LogP contribution in [-0.2, 0) is 13.0 Å². The number of nitrogens with zero attached hydrogens (tertiary/aromatic N) is 2. The number of nitrogens with two attached hydrogens (primary N) is 1. The SMILES string of the molecule is Cl.N#Cc1cccc(Cn2cc(CCN)c3ccccc32)c1.